The van der Waals surface area contributed by atoms with E-state index in [1.54, 1.807) is 67.6 Å². The molecule has 9 heteroatoms. The number of nitrogens with zero attached hydrogens (tertiary/aromatic N) is 1. The number of esters is 1. The Labute approximate surface area is 203 Å². The molecule has 0 aromatic heterocycles. The van der Waals surface area contributed by atoms with E-state index in [2.05, 4.69) is 26.5 Å². The Kier molecular flexibility index (Phi) is 8.27. The number of hydrazone groups is 1. The summed E-state index contributed by atoms with van der Waals surface area (Å²) in [6, 6.07) is 18.3. The molecule has 0 aliphatic heterocycles. The third-order valence-electron chi connectivity index (χ3n) is 4.13. The molecule has 3 aromatic rings. The summed E-state index contributed by atoms with van der Waals surface area (Å²) in [6.45, 7) is 1.57. The van der Waals surface area contributed by atoms with Gasteiger partial charge in [-0.05, 0) is 79.2 Å². The molecule has 3 rings (SSSR count). The number of amides is 1. The normalized spacial score (nSPS) is 11.8. The predicted molar refractivity (Wildman–Crippen MR) is 128 cm³/mol. The molecule has 0 aliphatic carbocycles. The van der Waals surface area contributed by atoms with Gasteiger partial charge in [0.2, 0.25) is 0 Å². The quantitative estimate of drug-likeness (QED) is 0.177. The van der Waals surface area contributed by atoms with Crippen molar-refractivity contribution in [3.63, 3.8) is 0 Å². The second kappa shape index (κ2) is 11.1. The molecule has 1 atom stereocenters. The molecule has 0 radical (unpaired) electrons. The highest BCUT2D eigenvalue weighted by molar-refractivity contribution is 9.10. The average Bonchev–Trinajstić information content (AvgIpc) is 2.77. The van der Waals surface area contributed by atoms with Crippen LogP contribution in [0.15, 0.2) is 76.3 Å². The van der Waals surface area contributed by atoms with Crippen molar-refractivity contribution in [2.24, 2.45) is 5.10 Å². The molecular formula is C23H17BrCl2N2O4. The molecule has 3 aromatic carbocycles. The molecule has 0 fully saturated rings. The largest absolute Gasteiger partial charge is 0.479 e. The van der Waals surface area contributed by atoms with Crippen LogP contribution in [0.2, 0.25) is 10.0 Å². The molecule has 0 heterocycles. The summed E-state index contributed by atoms with van der Waals surface area (Å²) in [7, 11) is 0. The van der Waals surface area contributed by atoms with Crippen LogP contribution >= 0.6 is 39.1 Å². The molecule has 1 amide bonds. The number of ether oxygens (including phenoxy) is 2. The molecule has 32 heavy (non-hydrogen) atoms. The van der Waals surface area contributed by atoms with Crippen molar-refractivity contribution < 1.29 is 19.1 Å². The first-order chi connectivity index (χ1) is 15.3. The summed E-state index contributed by atoms with van der Waals surface area (Å²) in [5, 5.41) is 4.69. The van der Waals surface area contributed by atoms with Gasteiger partial charge in [-0.1, -0.05) is 39.1 Å². The van der Waals surface area contributed by atoms with Gasteiger partial charge >= 0.3 is 5.97 Å². The van der Waals surface area contributed by atoms with Gasteiger partial charge in [0, 0.05) is 9.50 Å². The van der Waals surface area contributed by atoms with Crippen molar-refractivity contribution in [1.82, 2.24) is 5.43 Å². The summed E-state index contributed by atoms with van der Waals surface area (Å²) < 4.78 is 11.7. The van der Waals surface area contributed by atoms with Crippen LogP contribution in [-0.2, 0) is 4.79 Å². The Bertz CT molecular complexity index is 1140. The minimum atomic E-state index is -0.828. The monoisotopic (exact) mass is 534 g/mol. The standard InChI is InChI=1S/C23H17BrCl2N2O4/c1-14(31-21-11-8-18(25)12-20(21)26)22(29)28-27-13-15-2-9-19(10-3-15)32-23(30)16-4-6-17(24)7-5-16/h2-14H,1H3,(H,28,29)/b27-13+. The Balaban J connectivity index is 1.51. The van der Waals surface area contributed by atoms with Crippen molar-refractivity contribution >= 4 is 57.2 Å². The minimum absolute atomic E-state index is 0.307. The molecular weight excluding hydrogens is 519 g/mol. The Morgan fingerprint density at radius 1 is 1.03 bits per heavy atom. The maximum absolute atomic E-state index is 12.2. The van der Waals surface area contributed by atoms with E-state index >= 15 is 0 Å². The van der Waals surface area contributed by atoms with E-state index in [0.29, 0.717) is 32.7 Å². The van der Waals surface area contributed by atoms with E-state index in [0.717, 1.165) is 4.47 Å². The third-order valence-corrected chi connectivity index (χ3v) is 5.18. The number of carbonyl (C=O) groups excluding carboxylic acids is 2. The lowest BCUT2D eigenvalue weighted by molar-refractivity contribution is -0.127. The van der Waals surface area contributed by atoms with Crippen LogP contribution in [0.1, 0.15) is 22.8 Å². The summed E-state index contributed by atoms with van der Waals surface area (Å²) in [6.07, 6.45) is 0.631. The fourth-order valence-corrected chi connectivity index (χ4v) is 3.17. The fraction of sp³-hybridized carbons (Fsp3) is 0.0870. The van der Waals surface area contributed by atoms with Crippen LogP contribution in [0.5, 0.6) is 11.5 Å². The van der Waals surface area contributed by atoms with Crippen molar-refractivity contribution in [2.75, 3.05) is 0 Å². The zero-order chi connectivity index (χ0) is 23.1. The molecule has 0 aliphatic rings. The number of rotatable bonds is 7. The second-order valence-corrected chi connectivity index (χ2v) is 8.29. The highest BCUT2D eigenvalue weighted by Gasteiger charge is 2.15. The predicted octanol–water partition coefficient (Wildman–Crippen LogP) is 5.89. The van der Waals surface area contributed by atoms with Crippen molar-refractivity contribution in [3.05, 3.63) is 92.4 Å². The van der Waals surface area contributed by atoms with Gasteiger partial charge in [-0.3, -0.25) is 4.79 Å². The van der Waals surface area contributed by atoms with Gasteiger partial charge in [-0.15, -0.1) is 0 Å². The van der Waals surface area contributed by atoms with Crippen molar-refractivity contribution in [1.29, 1.82) is 0 Å². The number of carbonyl (C=O) groups is 2. The van der Waals surface area contributed by atoms with Gasteiger partial charge < -0.3 is 9.47 Å². The summed E-state index contributed by atoms with van der Waals surface area (Å²) in [5.41, 5.74) is 3.54. The average molecular weight is 536 g/mol. The van der Waals surface area contributed by atoms with Gasteiger partial charge in [0.1, 0.15) is 11.5 Å². The maximum Gasteiger partial charge on any atom is 0.343 e. The Hall–Kier alpha value is -2.87. The second-order valence-electron chi connectivity index (χ2n) is 6.53. The first-order valence-corrected chi connectivity index (χ1v) is 10.9. The number of halogens is 3. The van der Waals surface area contributed by atoms with Gasteiger partial charge in [0.05, 0.1) is 16.8 Å². The molecule has 0 bridgehead atoms. The van der Waals surface area contributed by atoms with Crippen molar-refractivity contribution in [2.45, 2.75) is 13.0 Å². The van der Waals surface area contributed by atoms with Crippen molar-refractivity contribution in [3.8, 4) is 11.5 Å². The SMILES string of the molecule is CC(Oc1ccc(Cl)cc1Cl)C(=O)N/N=C/c1ccc(OC(=O)c2ccc(Br)cc2)cc1. The minimum Gasteiger partial charge on any atom is -0.479 e. The summed E-state index contributed by atoms with van der Waals surface area (Å²) in [4.78, 5) is 24.3. The number of hydrogen-bond donors (Lipinski definition) is 1. The summed E-state index contributed by atoms with van der Waals surface area (Å²) in [5.74, 6) is -0.176. The highest BCUT2D eigenvalue weighted by Crippen LogP contribution is 2.28. The van der Waals surface area contributed by atoms with E-state index in [9.17, 15) is 9.59 Å². The van der Waals surface area contributed by atoms with Gasteiger partial charge in [0.15, 0.2) is 6.10 Å². The van der Waals surface area contributed by atoms with Crippen LogP contribution in [0, 0.1) is 0 Å². The van der Waals surface area contributed by atoms with E-state index in [1.807, 2.05) is 0 Å². The topological polar surface area (TPSA) is 77.0 Å². The Morgan fingerprint density at radius 3 is 2.38 bits per heavy atom. The molecule has 164 valence electrons. The summed E-state index contributed by atoms with van der Waals surface area (Å²) >= 11 is 15.2. The van der Waals surface area contributed by atoms with E-state index in [4.69, 9.17) is 32.7 Å². The fourth-order valence-electron chi connectivity index (χ4n) is 2.45. The zero-order valence-corrected chi connectivity index (χ0v) is 19.8. The molecule has 0 spiro atoms. The maximum atomic E-state index is 12.2. The van der Waals surface area contributed by atoms with Crippen LogP contribution < -0.4 is 14.9 Å². The third kappa shape index (κ3) is 6.82. The van der Waals surface area contributed by atoms with Gasteiger partial charge in [0.25, 0.3) is 5.91 Å². The van der Waals surface area contributed by atoms with Crippen LogP contribution in [0.4, 0.5) is 0 Å². The van der Waals surface area contributed by atoms with E-state index in [-0.39, 0.29) is 0 Å². The lowest BCUT2D eigenvalue weighted by Gasteiger charge is -2.14. The number of benzene rings is 3. The smallest absolute Gasteiger partial charge is 0.343 e. The molecule has 0 saturated carbocycles. The number of nitrogens with one attached hydrogen (secondary N) is 1. The molecule has 1 unspecified atom stereocenters. The molecule has 6 nitrogen and oxygen atoms in total. The van der Waals surface area contributed by atoms with Crippen LogP contribution in [0.25, 0.3) is 0 Å². The van der Waals surface area contributed by atoms with Gasteiger partial charge in [-0.25, -0.2) is 10.2 Å². The van der Waals surface area contributed by atoms with Crippen LogP contribution in [-0.4, -0.2) is 24.2 Å². The molecule has 1 N–H and O–H groups in total. The first kappa shape index (κ1) is 23.8. The lowest BCUT2D eigenvalue weighted by Crippen LogP contribution is -2.33. The van der Waals surface area contributed by atoms with Crippen LogP contribution in [0.3, 0.4) is 0 Å². The van der Waals surface area contributed by atoms with E-state index < -0.39 is 18.0 Å². The lowest BCUT2D eigenvalue weighted by atomic mass is 10.2. The highest BCUT2D eigenvalue weighted by atomic mass is 79.9. The Morgan fingerprint density at radius 2 is 1.72 bits per heavy atom. The van der Waals surface area contributed by atoms with E-state index in [1.165, 1.54) is 12.3 Å². The zero-order valence-electron chi connectivity index (χ0n) is 16.7. The molecule has 0 saturated heterocycles. The first-order valence-electron chi connectivity index (χ1n) is 9.34. The van der Waals surface area contributed by atoms with Gasteiger partial charge in [-0.2, -0.15) is 5.10 Å². The number of hydrogen-bond acceptors (Lipinski definition) is 5.